The molecule has 118 valence electrons. The number of rotatable bonds is 10. The summed E-state index contributed by atoms with van der Waals surface area (Å²) in [5.41, 5.74) is 3.64. The van der Waals surface area contributed by atoms with Gasteiger partial charge in [-0.15, -0.1) is 0 Å². The zero-order valence-corrected chi connectivity index (χ0v) is 13.5. The van der Waals surface area contributed by atoms with Gasteiger partial charge in [0.2, 0.25) is 10.4 Å². The predicted octanol–water partition coefficient (Wildman–Crippen LogP) is 2.24. The van der Waals surface area contributed by atoms with Crippen molar-refractivity contribution < 1.29 is 22.9 Å². The molecule has 0 aliphatic carbocycles. The van der Waals surface area contributed by atoms with E-state index in [2.05, 4.69) is 30.7 Å². The Morgan fingerprint density at radius 3 is 1.74 bits per heavy atom. The first kappa shape index (κ1) is 21.1. The minimum Gasteiger partial charge on any atom is -0.726 e. The Hall–Kier alpha value is -0.170. The number of hydrogen-bond donors (Lipinski definition) is 1. The van der Waals surface area contributed by atoms with Crippen LogP contribution in [0.25, 0.3) is 0 Å². The molecule has 3 N–H and O–H groups in total. The average molecular weight is 297 g/mol. The van der Waals surface area contributed by atoms with Crippen LogP contribution < -0.4 is 5.73 Å². The van der Waals surface area contributed by atoms with E-state index in [1.54, 1.807) is 0 Å². The number of unbranched alkanes of at least 4 members (excludes halogenated alkanes) is 7. The molecule has 0 amide bonds. The van der Waals surface area contributed by atoms with Crippen molar-refractivity contribution in [1.29, 1.82) is 0 Å². The number of hydrogen-bond acceptors (Lipinski definition) is 4. The van der Waals surface area contributed by atoms with Crippen molar-refractivity contribution in [3.05, 3.63) is 0 Å². The highest BCUT2D eigenvalue weighted by molar-refractivity contribution is 7.80. The molecule has 0 saturated heterocycles. The molecule has 0 heterocycles. The summed E-state index contributed by atoms with van der Waals surface area (Å²) in [5, 5.41) is 0. The van der Waals surface area contributed by atoms with Gasteiger partial charge in [0.15, 0.2) is 0 Å². The highest BCUT2D eigenvalue weighted by Gasteiger charge is 1.95. The molecule has 0 aliphatic heterocycles. The molecule has 0 rings (SSSR count). The van der Waals surface area contributed by atoms with Crippen LogP contribution in [0.1, 0.15) is 72.1 Å². The lowest BCUT2D eigenvalue weighted by Crippen LogP contribution is -2.57. The van der Waals surface area contributed by atoms with E-state index in [1.165, 1.54) is 32.1 Å². The van der Waals surface area contributed by atoms with Crippen LogP contribution in [0, 0.1) is 0 Å². The summed E-state index contributed by atoms with van der Waals surface area (Å²) >= 11 is 0. The summed E-state index contributed by atoms with van der Waals surface area (Å²) in [6, 6.07) is 0.583. The van der Waals surface area contributed by atoms with Gasteiger partial charge in [-0.1, -0.05) is 51.9 Å². The van der Waals surface area contributed by atoms with Gasteiger partial charge in [-0.2, -0.15) is 0 Å². The van der Waals surface area contributed by atoms with Crippen molar-refractivity contribution in [3.8, 4) is 0 Å². The second-order valence-electron chi connectivity index (χ2n) is 5.10. The summed E-state index contributed by atoms with van der Waals surface area (Å²) in [7, 11) is -4.48. The third kappa shape index (κ3) is 31.9. The molecule has 6 heteroatoms. The van der Waals surface area contributed by atoms with Crippen LogP contribution in [0.5, 0.6) is 0 Å². The van der Waals surface area contributed by atoms with Crippen molar-refractivity contribution >= 4 is 10.4 Å². The Labute approximate surface area is 118 Å². The van der Waals surface area contributed by atoms with Crippen LogP contribution in [0.15, 0.2) is 0 Å². The molecular weight excluding hydrogens is 266 g/mol. The quantitative estimate of drug-likeness (QED) is 0.380. The van der Waals surface area contributed by atoms with E-state index in [0.29, 0.717) is 12.5 Å². The summed E-state index contributed by atoms with van der Waals surface area (Å²) < 4.78 is 34.3. The van der Waals surface area contributed by atoms with Gasteiger partial charge in [-0.3, -0.25) is 4.18 Å². The van der Waals surface area contributed by atoms with Gasteiger partial charge < -0.3 is 10.3 Å². The molecule has 0 aliphatic rings. The fourth-order valence-corrected chi connectivity index (χ4v) is 1.72. The molecule has 0 spiro atoms. The van der Waals surface area contributed by atoms with Crippen molar-refractivity contribution in [2.45, 2.75) is 78.2 Å². The van der Waals surface area contributed by atoms with Crippen molar-refractivity contribution in [3.63, 3.8) is 0 Å². The summed E-state index contributed by atoms with van der Waals surface area (Å²) in [6.45, 7) is 6.32. The Morgan fingerprint density at radius 1 is 1.00 bits per heavy atom. The summed E-state index contributed by atoms with van der Waals surface area (Å²) in [6.07, 6.45) is 8.91. The standard InChI is InChI=1S/C10H22O4S.C3H9N/c1-2-3-4-5-6-7-8-9-10-14-15(11,12)13;1-3(2)4/h2-10H2,1H3,(H,11,12,13);3H,4H2,1-2H3. The van der Waals surface area contributed by atoms with Gasteiger partial charge in [-0.25, -0.2) is 8.42 Å². The van der Waals surface area contributed by atoms with Crippen LogP contribution in [0.3, 0.4) is 0 Å². The van der Waals surface area contributed by atoms with Gasteiger partial charge in [-0.05, 0) is 20.3 Å². The Bertz CT molecular complexity index is 263. The Balaban J connectivity index is 0. The maximum atomic E-state index is 10.1. The first-order chi connectivity index (χ1) is 8.79. The molecule has 0 fully saturated rings. The molecule has 0 unspecified atom stereocenters. The predicted molar refractivity (Wildman–Crippen MR) is 76.3 cm³/mol. The highest BCUT2D eigenvalue weighted by atomic mass is 32.3. The lowest BCUT2D eigenvalue weighted by Gasteiger charge is -2.06. The summed E-state index contributed by atoms with van der Waals surface area (Å²) in [5.74, 6) is 0. The molecule has 0 radical (unpaired) electrons. The lowest BCUT2D eigenvalue weighted by molar-refractivity contribution is -0.407. The zero-order valence-electron chi connectivity index (χ0n) is 12.7. The van der Waals surface area contributed by atoms with Crippen LogP contribution in [-0.2, 0) is 14.6 Å². The smallest absolute Gasteiger partial charge is 0.217 e. The second kappa shape index (κ2) is 14.2. The first-order valence-corrected chi connectivity index (χ1v) is 8.56. The van der Waals surface area contributed by atoms with Gasteiger partial charge in [0.05, 0.1) is 12.6 Å². The van der Waals surface area contributed by atoms with E-state index in [0.717, 1.165) is 12.8 Å². The Morgan fingerprint density at radius 2 is 1.37 bits per heavy atom. The second-order valence-corrected chi connectivity index (χ2v) is 6.15. The average Bonchev–Trinajstić information content (AvgIpc) is 2.24. The first-order valence-electron chi connectivity index (χ1n) is 7.23. The van der Waals surface area contributed by atoms with Crippen LogP contribution >= 0.6 is 0 Å². The van der Waals surface area contributed by atoms with E-state index >= 15 is 0 Å². The van der Waals surface area contributed by atoms with Crippen LogP contribution in [-0.4, -0.2) is 25.6 Å². The Kier molecular flexibility index (Phi) is 15.8. The van der Waals surface area contributed by atoms with E-state index in [9.17, 15) is 13.0 Å². The van der Waals surface area contributed by atoms with Crippen LogP contribution in [0.4, 0.5) is 0 Å². The third-order valence-corrected chi connectivity index (χ3v) is 2.68. The molecular formula is C13H31NO4S. The largest absolute Gasteiger partial charge is 0.726 e. The molecule has 0 aromatic heterocycles. The highest BCUT2D eigenvalue weighted by Crippen LogP contribution is 2.08. The topological polar surface area (TPSA) is 94.1 Å². The maximum absolute atomic E-state index is 10.1. The molecule has 0 aromatic rings. The van der Waals surface area contributed by atoms with Crippen molar-refractivity contribution in [2.24, 2.45) is 0 Å². The van der Waals surface area contributed by atoms with Gasteiger partial charge in [0.1, 0.15) is 0 Å². The van der Waals surface area contributed by atoms with Crippen molar-refractivity contribution in [1.82, 2.24) is 0 Å². The third-order valence-electron chi connectivity index (χ3n) is 2.23. The molecule has 0 saturated carbocycles. The normalized spacial score (nSPS) is 11.3. The molecule has 19 heavy (non-hydrogen) atoms. The molecule has 5 nitrogen and oxygen atoms in total. The molecule has 0 bridgehead atoms. The van der Waals surface area contributed by atoms with Gasteiger partial charge >= 0.3 is 0 Å². The number of quaternary nitrogens is 1. The van der Waals surface area contributed by atoms with E-state index in [4.69, 9.17) is 0 Å². The van der Waals surface area contributed by atoms with Crippen LogP contribution in [0.2, 0.25) is 0 Å². The SMILES string of the molecule is CC(C)[NH3+].CCCCCCCCCCOS(=O)(=O)[O-]. The fraction of sp³-hybridized carbons (Fsp3) is 1.00. The van der Waals surface area contributed by atoms with Crippen molar-refractivity contribution in [2.75, 3.05) is 6.61 Å². The molecule has 0 aromatic carbocycles. The van der Waals surface area contributed by atoms with Gasteiger partial charge in [0, 0.05) is 0 Å². The van der Waals surface area contributed by atoms with E-state index in [1.807, 2.05) is 0 Å². The van der Waals surface area contributed by atoms with Gasteiger partial charge in [0.25, 0.3) is 0 Å². The molecule has 0 atom stereocenters. The van der Waals surface area contributed by atoms with E-state index < -0.39 is 10.4 Å². The minimum absolute atomic E-state index is 0.0286. The minimum atomic E-state index is -4.48. The zero-order chi connectivity index (χ0) is 15.1. The fourth-order valence-electron chi connectivity index (χ4n) is 1.40. The maximum Gasteiger partial charge on any atom is 0.217 e. The summed E-state index contributed by atoms with van der Waals surface area (Å²) in [4.78, 5) is 0. The monoisotopic (exact) mass is 297 g/mol. The van der Waals surface area contributed by atoms with E-state index in [-0.39, 0.29) is 6.61 Å². The lowest BCUT2D eigenvalue weighted by atomic mass is 10.1.